The monoisotopic (exact) mass is 424 g/mol. The van der Waals surface area contributed by atoms with Crippen molar-refractivity contribution in [2.75, 3.05) is 4.72 Å². The number of aliphatic hydroxyl groups excluding tert-OH is 1. The molecule has 0 saturated heterocycles. The second-order valence-electron chi connectivity index (χ2n) is 7.11. The van der Waals surface area contributed by atoms with E-state index in [0.29, 0.717) is 11.3 Å². The number of sulfonamides is 1. The Balaban J connectivity index is 1.78. The number of benzene rings is 3. The average molecular weight is 425 g/mol. The molecule has 0 aliphatic rings. The number of aryl methyl sites for hydroxylation is 2. The van der Waals surface area contributed by atoms with E-state index < -0.39 is 10.0 Å². The number of hydrogen-bond acceptors (Lipinski definition) is 4. The van der Waals surface area contributed by atoms with Crippen molar-refractivity contribution in [1.82, 2.24) is 5.32 Å². The van der Waals surface area contributed by atoms with Crippen LogP contribution >= 0.6 is 0 Å². The zero-order chi connectivity index (χ0) is 21.7. The molecule has 0 fully saturated rings. The van der Waals surface area contributed by atoms with Crippen molar-refractivity contribution in [1.29, 1.82) is 0 Å². The molecule has 0 saturated carbocycles. The van der Waals surface area contributed by atoms with Gasteiger partial charge in [0.25, 0.3) is 15.9 Å². The van der Waals surface area contributed by atoms with E-state index in [2.05, 4.69) is 10.0 Å². The van der Waals surface area contributed by atoms with Crippen LogP contribution in [0.3, 0.4) is 0 Å². The Morgan fingerprint density at radius 2 is 1.63 bits per heavy atom. The Morgan fingerprint density at radius 1 is 0.933 bits per heavy atom. The van der Waals surface area contributed by atoms with Crippen molar-refractivity contribution < 1.29 is 18.3 Å². The molecule has 0 spiro atoms. The Bertz CT molecular complexity index is 1160. The zero-order valence-electron chi connectivity index (χ0n) is 16.8. The Morgan fingerprint density at radius 3 is 2.33 bits per heavy atom. The van der Waals surface area contributed by atoms with Crippen LogP contribution in [0.5, 0.6) is 0 Å². The van der Waals surface area contributed by atoms with E-state index in [-0.39, 0.29) is 29.5 Å². The Hall–Kier alpha value is -3.16. The number of aliphatic hydroxyl groups is 1. The third-order valence-electron chi connectivity index (χ3n) is 4.67. The van der Waals surface area contributed by atoms with Gasteiger partial charge in [-0.3, -0.25) is 9.52 Å². The minimum absolute atomic E-state index is 0.0537. The van der Waals surface area contributed by atoms with Gasteiger partial charge in [0.2, 0.25) is 0 Å². The van der Waals surface area contributed by atoms with Crippen LogP contribution in [-0.2, 0) is 23.2 Å². The van der Waals surface area contributed by atoms with E-state index in [1.807, 2.05) is 25.1 Å². The van der Waals surface area contributed by atoms with Gasteiger partial charge in [0.1, 0.15) is 0 Å². The standard InChI is InChI=1S/C23H24N2O4S/c1-16-6-10-21(11-7-16)25-30(28,29)22-13-20(9-8-17(22)2)23(27)24-14-18-4-3-5-19(12-18)15-26/h3-13,25-26H,14-15H2,1-2H3,(H,24,27). The molecule has 3 aromatic carbocycles. The molecule has 0 atom stereocenters. The van der Waals surface area contributed by atoms with Crippen molar-refractivity contribution in [3.63, 3.8) is 0 Å². The molecule has 156 valence electrons. The molecule has 3 rings (SSSR count). The highest BCUT2D eigenvalue weighted by atomic mass is 32.2. The molecule has 30 heavy (non-hydrogen) atoms. The molecule has 0 heterocycles. The van der Waals surface area contributed by atoms with Crippen molar-refractivity contribution in [2.45, 2.75) is 31.9 Å². The largest absolute Gasteiger partial charge is 0.392 e. The molecule has 7 heteroatoms. The SMILES string of the molecule is Cc1ccc(NS(=O)(=O)c2cc(C(=O)NCc3cccc(CO)c3)ccc2C)cc1. The second kappa shape index (κ2) is 9.11. The fourth-order valence-corrected chi connectivity index (χ4v) is 4.32. The van der Waals surface area contributed by atoms with E-state index in [4.69, 9.17) is 0 Å². The highest BCUT2D eigenvalue weighted by Gasteiger charge is 2.19. The van der Waals surface area contributed by atoms with Crippen LogP contribution in [-0.4, -0.2) is 19.4 Å². The summed E-state index contributed by atoms with van der Waals surface area (Å²) < 4.78 is 28.3. The summed E-state index contributed by atoms with van der Waals surface area (Å²) >= 11 is 0. The number of carbonyl (C=O) groups excluding carboxylic acids is 1. The van der Waals surface area contributed by atoms with Crippen molar-refractivity contribution in [3.05, 3.63) is 94.5 Å². The maximum atomic E-state index is 12.9. The molecule has 0 unspecified atom stereocenters. The molecule has 3 N–H and O–H groups in total. The normalized spacial score (nSPS) is 11.2. The van der Waals surface area contributed by atoms with E-state index in [9.17, 15) is 18.3 Å². The molecular formula is C23H24N2O4S. The fraction of sp³-hybridized carbons (Fsp3) is 0.174. The lowest BCUT2D eigenvalue weighted by molar-refractivity contribution is 0.0950. The number of nitrogens with one attached hydrogen (secondary N) is 2. The predicted molar refractivity (Wildman–Crippen MR) is 117 cm³/mol. The Kier molecular flexibility index (Phi) is 6.54. The first-order valence-electron chi connectivity index (χ1n) is 9.45. The summed E-state index contributed by atoms with van der Waals surface area (Å²) in [5, 5.41) is 12.0. The quantitative estimate of drug-likeness (QED) is 0.541. The van der Waals surface area contributed by atoms with Gasteiger partial charge in [0.05, 0.1) is 11.5 Å². The van der Waals surface area contributed by atoms with Gasteiger partial charge >= 0.3 is 0 Å². The molecule has 0 aliphatic carbocycles. The molecule has 0 aromatic heterocycles. The van der Waals surface area contributed by atoms with Gasteiger partial charge in [0, 0.05) is 17.8 Å². The highest BCUT2D eigenvalue weighted by Crippen LogP contribution is 2.21. The van der Waals surface area contributed by atoms with Crippen LogP contribution in [0.15, 0.2) is 71.6 Å². The molecular weight excluding hydrogens is 400 g/mol. The predicted octanol–water partition coefficient (Wildman–Crippen LogP) is 3.53. The molecule has 6 nitrogen and oxygen atoms in total. The van der Waals surface area contributed by atoms with Crippen LogP contribution < -0.4 is 10.0 Å². The minimum atomic E-state index is -3.85. The highest BCUT2D eigenvalue weighted by molar-refractivity contribution is 7.92. The summed E-state index contributed by atoms with van der Waals surface area (Å²) in [7, 11) is -3.85. The van der Waals surface area contributed by atoms with E-state index in [1.165, 1.54) is 6.07 Å². The van der Waals surface area contributed by atoms with Gasteiger partial charge in [-0.25, -0.2) is 8.42 Å². The number of anilines is 1. The number of amides is 1. The van der Waals surface area contributed by atoms with Gasteiger partial charge in [0.15, 0.2) is 0 Å². The van der Waals surface area contributed by atoms with Gasteiger partial charge < -0.3 is 10.4 Å². The third kappa shape index (κ3) is 5.25. The van der Waals surface area contributed by atoms with E-state index >= 15 is 0 Å². The van der Waals surface area contributed by atoms with Crippen LogP contribution in [0, 0.1) is 13.8 Å². The first kappa shape index (κ1) is 21.5. The molecule has 0 bridgehead atoms. The summed E-state index contributed by atoms with van der Waals surface area (Å²) in [4.78, 5) is 12.6. The number of hydrogen-bond donors (Lipinski definition) is 3. The number of rotatable bonds is 7. The van der Waals surface area contributed by atoms with Gasteiger partial charge in [-0.15, -0.1) is 0 Å². The fourth-order valence-electron chi connectivity index (χ4n) is 2.98. The summed E-state index contributed by atoms with van der Waals surface area (Å²) in [6.45, 7) is 3.80. The first-order chi connectivity index (χ1) is 14.3. The third-order valence-corrected chi connectivity index (χ3v) is 6.19. The van der Waals surface area contributed by atoms with Crippen LogP contribution in [0.25, 0.3) is 0 Å². The lowest BCUT2D eigenvalue weighted by Crippen LogP contribution is -2.23. The van der Waals surface area contributed by atoms with Gasteiger partial charge in [-0.1, -0.05) is 48.0 Å². The molecule has 3 aromatic rings. The van der Waals surface area contributed by atoms with E-state index in [1.54, 1.807) is 49.4 Å². The van der Waals surface area contributed by atoms with Crippen LogP contribution in [0.4, 0.5) is 5.69 Å². The maximum Gasteiger partial charge on any atom is 0.262 e. The van der Waals surface area contributed by atoms with E-state index in [0.717, 1.165) is 16.7 Å². The first-order valence-corrected chi connectivity index (χ1v) is 10.9. The van der Waals surface area contributed by atoms with Crippen molar-refractivity contribution >= 4 is 21.6 Å². The van der Waals surface area contributed by atoms with Crippen LogP contribution in [0.2, 0.25) is 0 Å². The zero-order valence-corrected chi connectivity index (χ0v) is 17.7. The Labute approximate surface area is 176 Å². The summed E-state index contributed by atoms with van der Waals surface area (Å²) in [5.74, 6) is -0.379. The van der Waals surface area contributed by atoms with Crippen molar-refractivity contribution in [3.8, 4) is 0 Å². The molecule has 0 radical (unpaired) electrons. The molecule has 1 amide bonds. The smallest absolute Gasteiger partial charge is 0.262 e. The van der Waals surface area contributed by atoms with Gasteiger partial charge in [-0.05, 0) is 54.8 Å². The summed E-state index contributed by atoms with van der Waals surface area (Å²) in [5.41, 5.74) is 3.88. The average Bonchev–Trinajstić information content (AvgIpc) is 2.74. The van der Waals surface area contributed by atoms with Crippen molar-refractivity contribution in [2.24, 2.45) is 0 Å². The summed E-state index contributed by atoms with van der Waals surface area (Å²) in [6, 6.07) is 18.9. The summed E-state index contributed by atoms with van der Waals surface area (Å²) in [6.07, 6.45) is 0. The maximum absolute atomic E-state index is 12.9. The topological polar surface area (TPSA) is 95.5 Å². The second-order valence-corrected chi connectivity index (χ2v) is 8.76. The van der Waals surface area contributed by atoms with Crippen LogP contribution in [0.1, 0.15) is 32.6 Å². The lowest BCUT2D eigenvalue weighted by atomic mass is 10.1. The lowest BCUT2D eigenvalue weighted by Gasteiger charge is -2.13. The van der Waals surface area contributed by atoms with Gasteiger partial charge in [-0.2, -0.15) is 0 Å². The minimum Gasteiger partial charge on any atom is -0.392 e. The molecule has 0 aliphatic heterocycles. The number of carbonyl (C=O) groups is 1.